The van der Waals surface area contributed by atoms with E-state index in [-0.39, 0.29) is 51.2 Å². The second kappa shape index (κ2) is 12.8. The molecule has 2 heterocycles. The number of likely N-dealkylation sites (tertiary alicyclic amines) is 1. The number of ether oxygens (including phenoxy) is 1. The van der Waals surface area contributed by atoms with Crippen molar-refractivity contribution in [2.75, 3.05) is 33.8 Å². The number of nitrogens with zero attached hydrogens (tertiary/aromatic N) is 3. The Morgan fingerprint density at radius 3 is 2.49 bits per heavy atom. The molecule has 0 bridgehead atoms. The van der Waals surface area contributed by atoms with E-state index in [0.29, 0.717) is 13.0 Å². The Morgan fingerprint density at radius 2 is 1.83 bits per heavy atom. The smallest absolute Gasteiger partial charge is 0.418 e. The molecule has 1 saturated heterocycles. The van der Waals surface area contributed by atoms with Gasteiger partial charge in [-0.1, -0.05) is 36.2 Å². The summed E-state index contributed by atoms with van der Waals surface area (Å²) < 4.78 is 19.5. The van der Waals surface area contributed by atoms with E-state index in [4.69, 9.17) is 16.3 Å². The number of hydrogen-bond donors (Lipinski definition) is 0. The van der Waals surface area contributed by atoms with Gasteiger partial charge in [-0.15, -0.1) is 0 Å². The van der Waals surface area contributed by atoms with Gasteiger partial charge < -0.3 is 9.64 Å². The maximum absolute atomic E-state index is 13.5. The van der Waals surface area contributed by atoms with Crippen molar-refractivity contribution in [3.63, 3.8) is 0 Å². The Balaban J connectivity index is 1.64. The van der Waals surface area contributed by atoms with Crippen molar-refractivity contribution in [1.29, 1.82) is 0 Å². The molecule has 1 aliphatic heterocycles. The maximum Gasteiger partial charge on any atom is 0.418 e. The Morgan fingerprint density at radius 1 is 1.12 bits per heavy atom. The number of hydrogen-bond acceptors (Lipinski definition) is 6. The number of allylic oxidation sites excluding steroid dienone is 1. The largest absolute Gasteiger partial charge is 0.449 e. The van der Waals surface area contributed by atoms with E-state index in [0.717, 1.165) is 40.1 Å². The Kier molecular flexibility index (Phi) is 9.40. The summed E-state index contributed by atoms with van der Waals surface area (Å²) in [7, 11) is 2.91. The number of likely N-dealkylation sites (N-methyl/N-ethyl adjacent to an activating group) is 1. The van der Waals surface area contributed by atoms with E-state index >= 15 is 0 Å². The number of amides is 1. The SMILES string of the molecule is CCOC(=O)n1cc(C(=O)C(=O)N(C)C)c2cc(C(=O)/C=C3\CCN(Cc4ccc(F)cc4)C[C@@H](C)C3)c(Cl)cc21. The van der Waals surface area contributed by atoms with Crippen LogP contribution in [-0.2, 0) is 16.1 Å². The summed E-state index contributed by atoms with van der Waals surface area (Å²) in [6.45, 7) is 6.14. The van der Waals surface area contributed by atoms with Crippen LogP contribution in [0.2, 0.25) is 5.02 Å². The molecule has 216 valence electrons. The summed E-state index contributed by atoms with van der Waals surface area (Å²) in [6.07, 6.45) is 3.52. The molecule has 1 amide bonds. The molecule has 0 saturated carbocycles. The van der Waals surface area contributed by atoms with Crippen LogP contribution in [0.25, 0.3) is 10.9 Å². The number of fused-ring (bicyclic) bond motifs is 1. The number of halogens is 2. The molecule has 41 heavy (non-hydrogen) atoms. The molecule has 1 aromatic heterocycles. The van der Waals surface area contributed by atoms with Crippen LogP contribution in [-0.4, -0.2) is 71.7 Å². The van der Waals surface area contributed by atoms with E-state index in [1.807, 2.05) is 0 Å². The third-order valence-electron chi connectivity index (χ3n) is 7.05. The van der Waals surface area contributed by atoms with Gasteiger partial charge in [-0.05, 0) is 61.6 Å². The zero-order chi connectivity index (χ0) is 29.8. The molecule has 4 rings (SSSR count). The highest BCUT2D eigenvalue weighted by Crippen LogP contribution is 2.31. The minimum atomic E-state index is -0.819. The van der Waals surface area contributed by atoms with Gasteiger partial charge in [0.25, 0.3) is 11.7 Å². The summed E-state index contributed by atoms with van der Waals surface area (Å²) in [5.41, 5.74) is 2.40. The van der Waals surface area contributed by atoms with Gasteiger partial charge in [0.15, 0.2) is 5.78 Å². The van der Waals surface area contributed by atoms with Crippen LogP contribution in [0.3, 0.4) is 0 Å². The average molecular weight is 582 g/mol. The predicted molar refractivity (Wildman–Crippen MR) is 155 cm³/mol. The van der Waals surface area contributed by atoms with E-state index in [2.05, 4.69) is 11.8 Å². The lowest BCUT2D eigenvalue weighted by atomic mass is 9.97. The van der Waals surface area contributed by atoms with Gasteiger partial charge in [-0.3, -0.25) is 23.9 Å². The molecule has 1 fully saturated rings. The van der Waals surface area contributed by atoms with Gasteiger partial charge in [-0.2, -0.15) is 0 Å². The molecule has 0 radical (unpaired) electrons. The fourth-order valence-electron chi connectivity index (χ4n) is 5.11. The number of benzene rings is 2. The highest BCUT2D eigenvalue weighted by Gasteiger charge is 2.27. The second-order valence-electron chi connectivity index (χ2n) is 10.6. The number of aromatic nitrogens is 1. The van der Waals surface area contributed by atoms with E-state index in [9.17, 15) is 23.6 Å². The summed E-state index contributed by atoms with van der Waals surface area (Å²) in [4.78, 5) is 55.1. The van der Waals surface area contributed by atoms with Crippen molar-refractivity contribution in [2.45, 2.75) is 33.2 Å². The van der Waals surface area contributed by atoms with Crippen molar-refractivity contribution in [1.82, 2.24) is 14.4 Å². The number of rotatable bonds is 7. The van der Waals surface area contributed by atoms with Crippen LogP contribution in [0, 0.1) is 11.7 Å². The summed E-state index contributed by atoms with van der Waals surface area (Å²) in [5.74, 6) is -1.89. The van der Waals surface area contributed by atoms with Crippen LogP contribution in [0.15, 0.2) is 54.2 Å². The number of ketones is 2. The van der Waals surface area contributed by atoms with Crippen LogP contribution >= 0.6 is 11.6 Å². The fourth-order valence-corrected chi connectivity index (χ4v) is 5.36. The summed E-state index contributed by atoms with van der Waals surface area (Å²) in [6, 6.07) is 9.38. The van der Waals surface area contributed by atoms with Crippen LogP contribution < -0.4 is 0 Å². The van der Waals surface area contributed by atoms with Gasteiger partial charge in [0.2, 0.25) is 0 Å². The fraction of sp³-hybridized carbons (Fsp3) is 0.355. The Bertz CT molecular complexity index is 1530. The molecule has 10 heteroatoms. The topological polar surface area (TPSA) is 88.9 Å². The summed E-state index contributed by atoms with van der Waals surface area (Å²) >= 11 is 6.55. The van der Waals surface area contributed by atoms with Crippen LogP contribution in [0.5, 0.6) is 0 Å². The second-order valence-corrected chi connectivity index (χ2v) is 11.0. The molecular formula is C31H33ClFN3O5. The molecule has 2 aromatic carbocycles. The number of carbonyl (C=O) groups excluding carboxylic acids is 4. The predicted octanol–water partition coefficient (Wildman–Crippen LogP) is 5.75. The quantitative estimate of drug-likeness (QED) is 0.200. The first kappa shape index (κ1) is 30.1. The van der Waals surface area contributed by atoms with Gasteiger partial charge >= 0.3 is 6.09 Å². The minimum Gasteiger partial charge on any atom is -0.449 e. The molecule has 1 aliphatic rings. The average Bonchev–Trinajstić information content (AvgIpc) is 3.20. The number of carbonyl (C=O) groups is 4. The minimum absolute atomic E-state index is 0.0235. The molecule has 8 nitrogen and oxygen atoms in total. The molecule has 3 aromatic rings. The third kappa shape index (κ3) is 6.92. The normalized spacial score (nSPS) is 16.9. The monoisotopic (exact) mass is 581 g/mol. The maximum atomic E-state index is 13.5. The van der Waals surface area contributed by atoms with Gasteiger partial charge in [0.1, 0.15) is 5.82 Å². The Labute approximate surface area is 243 Å². The first-order chi connectivity index (χ1) is 19.5. The highest BCUT2D eigenvalue weighted by molar-refractivity contribution is 6.45. The van der Waals surface area contributed by atoms with Crippen molar-refractivity contribution in [3.8, 4) is 0 Å². The molecule has 0 spiro atoms. The third-order valence-corrected chi connectivity index (χ3v) is 7.37. The molecule has 0 aliphatic carbocycles. The Hall–Kier alpha value is -3.82. The number of Topliss-reactive ketones (excluding diaryl/α,β-unsaturated/α-hetero) is 1. The highest BCUT2D eigenvalue weighted by atomic mass is 35.5. The molecule has 0 unspecified atom stereocenters. The van der Waals surface area contributed by atoms with E-state index in [1.54, 1.807) is 25.1 Å². The summed E-state index contributed by atoms with van der Waals surface area (Å²) in [5, 5.41) is 0.365. The van der Waals surface area contributed by atoms with Crippen molar-refractivity contribution in [3.05, 3.63) is 81.8 Å². The van der Waals surface area contributed by atoms with Crippen molar-refractivity contribution >= 4 is 46.1 Å². The molecule has 1 atom stereocenters. The molecular weight excluding hydrogens is 549 g/mol. The van der Waals surface area contributed by atoms with Gasteiger partial charge in [0, 0.05) is 50.9 Å². The lowest BCUT2D eigenvalue weighted by Crippen LogP contribution is -2.29. The zero-order valence-corrected chi connectivity index (χ0v) is 24.3. The van der Waals surface area contributed by atoms with Gasteiger partial charge in [0.05, 0.1) is 22.7 Å². The molecule has 0 N–H and O–H groups in total. The van der Waals surface area contributed by atoms with Crippen molar-refractivity contribution in [2.24, 2.45) is 5.92 Å². The standard InChI is InChI=1S/C31H33ClFN3O5/c1-5-41-31(40)36-18-25(29(38)30(39)34(3)4)23-14-24(26(32)15-27(23)36)28(37)13-21-10-11-35(16-19(2)12-21)17-20-6-8-22(33)9-7-20/h6-9,13-15,18-19H,5,10-12,16-17H2,1-4H3/b21-13+/t19-/m0/s1. The van der Waals surface area contributed by atoms with Crippen LogP contribution in [0.4, 0.5) is 9.18 Å². The lowest BCUT2D eigenvalue weighted by Gasteiger charge is -2.22. The first-order valence-corrected chi connectivity index (χ1v) is 13.8. The zero-order valence-electron chi connectivity index (χ0n) is 23.6. The van der Waals surface area contributed by atoms with Crippen molar-refractivity contribution < 1.29 is 28.3 Å². The lowest BCUT2D eigenvalue weighted by molar-refractivity contribution is -0.124. The van der Waals surface area contributed by atoms with Crippen LogP contribution in [0.1, 0.15) is 53.0 Å². The van der Waals surface area contributed by atoms with E-state index < -0.39 is 17.8 Å². The van der Waals surface area contributed by atoms with E-state index in [1.165, 1.54) is 44.6 Å². The first-order valence-electron chi connectivity index (χ1n) is 13.5. The van der Waals surface area contributed by atoms with Gasteiger partial charge in [-0.25, -0.2) is 9.18 Å².